The van der Waals surface area contributed by atoms with E-state index in [2.05, 4.69) is 4.98 Å². The quantitative estimate of drug-likeness (QED) is 0.711. The molecule has 0 aliphatic rings. The van der Waals surface area contributed by atoms with Gasteiger partial charge in [-0.05, 0) is 29.7 Å². The molecule has 0 saturated carbocycles. The van der Waals surface area contributed by atoms with E-state index >= 15 is 0 Å². The summed E-state index contributed by atoms with van der Waals surface area (Å²) < 4.78 is 4.90. The molecule has 0 amide bonds. The number of nitrogens with one attached hydrogen (secondary N) is 1. The number of hydrogen-bond acceptors (Lipinski definition) is 3. The van der Waals surface area contributed by atoms with Gasteiger partial charge in [-0.1, -0.05) is 36.4 Å². The van der Waals surface area contributed by atoms with E-state index in [1.807, 2.05) is 42.5 Å². The van der Waals surface area contributed by atoms with Crippen LogP contribution in [0.1, 0.15) is 11.1 Å². The smallest absolute Gasteiger partial charge is 0.402 e. The molecule has 0 bridgehead atoms. The fourth-order valence-electron chi connectivity index (χ4n) is 2.02. The number of fused-ring (bicyclic) bond motifs is 1. The molecule has 0 atom stereocenters. The summed E-state index contributed by atoms with van der Waals surface area (Å²) in [4.78, 5) is 24.9. The van der Waals surface area contributed by atoms with Crippen molar-refractivity contribution in [2.45, 2.75) is 6.42 Å². The molecule has 0 saturated heterocycles. The average molecular weight is 253 g/mol. The molecule has 3 aromatic rings. The Morgan fingerprint density at radius 3 is 2.53 bits per heavy atom. The van der Waals surface area contributed by atoms with E-state index in [9.17, 15) is 9.59 Å². The van der Waals surface area contributed by atoms with Gasteiger partial charge < -0.3 is 9.40 Å². The van der Waals surface area contributed by atoms with Crippen molar-refractivity contribution in [3.8, 4) is 0 Å². The predicted octanol–water partition coefficient (Wildman–Crippen LogP) is 2.07. The van der Waals surface area contributed by atoms with Gasteiger partial charge in [-0.15, -0.1) is 0 Å². The van der Waals surface area contributed by atoms with Crippen molar-refractivity contribution in [3.63, 3.8) is 0 Å². The third-order valence-electron chi connectivity index (χ3n) is 2.93. The van der Waals surface area contributed by atoms with E-state index in [4.69, 9.17) is 4.42 Å². The number of H-pyrrole nitrogens is 1. The Bertz CT molecular complexity index is 831. The first-order valence-electron chi connectivity index (χ1n) is 5.92. The summed E-state index contributed by atoms with van der Waals surface area (Å²) in [6, 6.07) is 15.4. The van der Waals surface area contributed by atoms with Crippen molar-refractivity contribution in [1.29, 1.82) is 0 Å². The van der Waals surface area contributed by atoms with Gasteiger partial charge in [0.2, 0.25) is 0 Å². The van der Waals surface area contributed by atoms with Gasteiger partial charge in [0.05, 0.1) is 5.52 Å². The van der Waals surface area contributed by atoms with Gasteiger partial charge in [-0.3, -0.25) is 4.79 Å². The Balaban J connectivity index is 2.04. The van der Waals surface area contributed by atoms with E-state index in [-0.39, 0.29) is 0 Å². The lowest BCUT2D eigenvalue weighted by Gasteiger charge is -2.03. The zero-order valence-electron chi connectivity index (χ0n) is 10.1. The van der Waals surface area contributed by atoms with Crippen LogP contribution < -0.4 is 11.2 Å². The van der Waals surface area contributed by atoms with Gasteiger partial charge in [-0.25, -0.2) is 4.79 Å². The van der Waals surface area contributed by atoms with Gasteiger partial charge in [-0.2, -0.15) is 0 Å². The standard InChI is InChI=1S/C15H11NO3/c17-14-15(18)19-13-7-6-11(9-12(13)16-14)8-10-4-2-1-3-5-10/h1-7,9H,8H2,(H,16,17). The maximum atomic E-state index is 11.2. The highest BCUT2D eigenvalue weighted by molar-refractivity contribution is 5.72. The summed E-state index contributed by atoms with van der Waals surface area (Å²) >= 11 is 0. The lowest BCUT2D eigenvalue weighted by Crippen LogP contribution is -2.25. The van der Waals surface area contributed by atoms with Gasteiger partial charge in [0, 0.05) is 0 Å². The minimum atomic E-state index is -0.872. The largest absolute Gasteiger partial charge is 0.417 e. The molecule has 4 heteroatoms. The third kappa shape index (κ3) is 2.33. The van der Waals surface area contributed by atoms with Crippen LogP contribution in [-0.4, -0.2) is 4.98 Å². The number of aromatic amines is 1. The van der Waals surface area contributed by atoms with E-state index in [1.54, 1.807) is 6.07 Å². The Hall–Kier alpha value is -2.62. The van der Waals surface area contributed by atoms with Gasteiger partial charge in [0.15, 0.2) is 5.58 Å². The molecule has 3 rings (SSSR count). The molecule has 1 N–H and O–H groups in total. The summed E-state index contributed by atoms with van der Waals surface area (Å²) in [5.41, 5.74) is 1.55. The Labute approximate surface area is 108 Å². The van der Waals surface area contributed by atoms with Crippen LogP contribution in [0.25, 0.3) is 11.1 Å². The van der Waals surface area contributed by atoms with Crippen molar-refractivity contribution in [3.05, 3.63) is 80.4 Å². The second-order valence-electron chi connectivity index (χ2n) is 4.34. The molecule has 0 aliphatic carbocycles. The first kappa shape index (κ1) is 11.5. The molecule has 19 heavy (non-hydrogen) atoms. The summed E-state index contributed by atoms with van der Waals surface area (Å²) in [7, 11) is 0. The Morgan fingerprint density at radius 2 is 1.74 bits per heavy atom. The van der Waals surface area contributed by atoms with Crippen molar-refractivity contribution in [2.75, 3.05) is 0 Å². The van der Waals surface area contributed by atoms with Gasteiger partial charge >= 0.3 is 11.2 Å². The molecule has 0 spiro atoms. The van der Waals surface area contributed by atoms with Crippen LogP contribution in [0.15, 0.2) is 62.5 Å². The maximum Gasteiger partial charge on any atom is 0.402 e. The van der Waals surface area contributed by atoms with Crippen LogP contribution in [0.4, 0.5) is 0 Å². The molecule has 0 aliphatic heterocycles. The number of benzene rings is 2. The van der Waals surface area contributed by atoms with Crippen molar-refractivity contribution in [1.82, 2.24) is 4.98 Å². The highest BCUT2D eigenvalue weighted by Gasteiger charge is 2.03. The SMILES string of the molecule is O=c1[nH]c2cc(Cc3ccccc3)ccc2oc1=O. The van der Waals surface area contributed by atoms with Crippen LogP contribution in [0, 0.1) is 0 Å². The molecule has 1 aromatic heterocycles. The molecular weight excluding hydrogens is 242 g/mol. The fourth-order valence-corrected chi connectivity index (χ4v) is 2.02. The molecule has 0 fully saturated rings. The average Bonchev–Trinajstić information content (AvgIpc) is 2.42. The molecular formula is C15H11NO3. The van der Waals surface area contributed by atoms with Crippen molar-refractivity contribution in [2.24, 2.45) is 0 Å². The van der Waals surface area contributed by atoms with Gasteiger partial charge in [0.1, 0.15) is 0 Å². The summed E-state index contributed by atoms with van der Waals surface area (Å²) in [5.74, 6) is 0. The molecule has 2 aromatic carbocycles. The Kier molecular flexibility index (Phi) is 2.76. The third-order valence-corrected chi connectivity index (χ3v) is 2.93. The Morgan fingerprint density at radius 1 is 0.947 bits per heavy atom. The zero-order valence-corrected chi connectivity index (χ0v) is 10.1. The van der Waals surface area contributed by atoms with Crippen LogP contribution in [0.5, 0.6) is 0 Å². The second-order valence-corrected chi connectivity index (χ2v) is 4.34. The van der Waals surface area contributed by atoms with Crippen LogP contribution in [0.3, 0.4) is 0 Å². The van der Waals surface area contributed by atoms with E-state index in [1.165, 1.54) is 5.56 Å². The summed E-state index contributed by atoms with van der Waals surface area (Å²) in [5, 5.41) is 0. The topological polar surface area (TPSA) is 63.1 Å². The van der Waals surface area contributed by atoms with E-state index < -0.39 is 11.2 Å². The van der Waals surface area contributed by atoms with Crippen molar-refractivity contribution < 1.29 is 4.42 Å². The monoisotopic (exact) mass is 253 g/mol. The molecule has 4 nitrogen and oxygen atoms in total. The number of hydrogen-bond donors (Lipinski definition) is 1. The van der Waals surface area contributed by atoms with Crippen LogP contribution in [-0.2, 0) is 6.42 Å². The molecule has 94 valence electrons. The maximum absolute atomic E-state index is 11.2. The van der Waals surface area contributed by atoms with Crippen molar-refractivity contribution >= 4 is 11.1 Å². The minimum absolute atomic E-state index is 0.390. The fraction of sp³-hybridized carbons (Fsp3) is 0.0667. The first-order chi connectivity index (χ1) is 9.22. The number of aromatic nitrogens is 1. The highest BCUT2D eigenvalue weighted by atomic mass is 16.4. The summed E-state index contributed by atoms with van der Waals surface area (Å²) in [6.45, 7) is 0. The number of rotatable bonds is 2. The summed E-state index contributed by atoms with van der Waals surface area (Å²) in [6.07, 6.45) is 0.762. The second kappa shape index (κ2) is 4.57. The van der Waals surface area contributed by atoms with E-state index in [0.29, 0.717) is 11.1 Å². The van der Waals surface area contributed by atoms with E-state index in [0.717, 1.165) is 12.0 Å². The lowest BCUT2D eigenvalue weighted by molar-refractivity contribution is 0.546. The highest BCUT2D eigenvalue weighted by Crippen LogP contribution is 2.14. The first-order valence-corrected chi connectivity index (χ1v) is 5.92. The van der Waals surface area contributed by atoms with Crippen LogP contribution >= 0.6 is 0 Å². The molecule has 0 unspecified atom stereocenters. The van der Waals surface area contributed by atoms with Crippen LogP contribution in [0.2, 0.25) is 0 Å². The predicted molar refractivity (Wildman–Crippen MR) is 72.4 cm³/mol. The zero-order chi connectivity index (χ0) is 13.2. The normalized spacial score (nSPS) is 10.7. The molecule has 0 radical (unpaired) electrons. The van der Waals surface area contributed by atoms with Gasteiger partial charge in [0.25, 0.3) is 0 Å². The molecule has 1 heterocycles. The lowest BCUT2D eigenvalue weighted by atomic mass is 10.0. The minimum Gasteiger partial charge on any atom is -0.417 e.